The van der Waals surface area contributed by atoms with E-state index in [1.807, 2.05) is 19.1 Å². The Kier molecular flexibility index (Phi) is 7.17. The maximum atomic E-state index is 13.7. The topological polar surface area (TPSA) is 64.6 Å². The van der Waals surface area contributed by atoms with Crippen LogP contribution in [0.2, 0.25) is 0 Å². The zero-order valence-electron chi connectivity index (χ0n) is 20.3. The second-order valence-electron chi connectivity index (χ2n) is 9.75. The highest BCUT2D eigenvalue weighted by molar-refractivity contribution is 9.10. The summed E-state index contributed by atoms with van der Waals surface area (Å²) in [6.07, 6.45) is 1.07. The summed E-state index contributed by atoms with van der Waals surface area (Å²) in [5, 5.41) is 3.33. The van der Waals surface area contributed by atoms with E-state index in [1.54, 1.807) is 25.1 Å². The van der Waals surface area contributed by atoms with Crippen LogP contribution in [0.3, 0.4) is 0 Å². The summed E-state index contributed by atoms with van der Waals surface area (Å²) in [6, 6.07) is 11.7. The number of hydrogen-bond donors (Lipinski definition) is 1. The van der Waals surface area contributed by atoms with Crippen molar-refractivity contribution in [3.8, 4) is 5.75 Å². The Balaban J connectivity index is 1.84. The highest BCUT2D eigenvalue weighted by Crippen LogP contribution is 2.49. The standard InChI is InChI=1S/C28H29BrFNO4/c1-5-34-27(33)24-16(2)31-21-13-28(3,4)14-22(32)26(21)25(24)20-12-18(29)9-10-23(20)35-15-17-7-6-8-19(30)11-17/h6-12,25,31H,5,13-15H2,1-4H3/t25-/m1/s1. The number of Topliss-reactive ketones (excluding diaryl/α,β-unsaturated/α-hetero) is 1. The highest BCUT2D eigenvalue weighted by Gasteiger charge is 2.44. The molecule has 0 spiro atoms. The number of benzene rings is 2. The third kappa shape index (κ3) is 5.35. The maximum Gasteiger partial charge on any atom is 0.336 e. The molecular formula is C28H29BrFNO4. The maximum absolute atomic E-state index is 13.7. The van der Waals surface area contributed by atoms with E-state index >= 15 is 0 Å². The van der Waals surface area contributed by atoms with Crippen LogP contribution < -0.4 is 10.1 Å². The van der Waals surface area contributed by atoms with Gasteiger partial charge in [0.2, 0.25) is 0 Å². The number of dihydropyridines is 1. The minimum absolute atomic E-state index is 0.000829. The minimum atomic E-state index is -0.645. The van der Waals surface area contributed by atoms with Crippen molar-refractivity contribution < 1.29 is 23.5 Å². The molecule has 0 fully saturated rings. The van der Waals surface area contributed by atoms with Gasteiger partial charge in [0.25, 0.3) is 0 Å². The van der Waals surface area contributed by atoms with Gasteiger partial charge in [-0.05, 0) is 61.6 Å². The lowest BCUT2D eigenvalue weighted by atomic mass is 9.68. The Morgan fingerprint density at radius 2 is 1.97 bits per heavy atom. The Morgan fingerprint density at radius 3 is 2.69 bits per heavy atom. The summed E-state index contributed by atoms with van der Waals surface area (Å²) in [6.45, 7) is 8.08. The quantitative estimate of drug-likeness (QED) is 0.432. The summed E-state index contributed by atoms with van der Waals surface area (Å²) < 4.78 is 26.0. The fraction of sp³-hybridized carbons (Fsp3) is 0.357. The van der Waals surface area contributed by atoms with Gasteiger partial charge in [-0.1, -0.05) is 41.9 Å². The van der Waals surface area contributed by atoms with Crippen LogP contribution >= 0.6 is 15.9 Å². The average Bonchev–Trinajstić information content (AvgIpc) is 2.76. The number of carbonyl (C=O) groups excluding carboxylic acids is 2. The first kappa shape index (κ1) is 25.2. The number of esters is 1. The Bertz CT molecular complexity index is 1250. The monoisotopic (exact) mass is 541 g/mol. The van der Waals surface area contributed by atoms with Gasteiger partial charge in [-0.25, -0.2) is 9.18 Å². The molecule has 1 atom stereocenters. The van der Waals surface area contributed by atoms with Crippen molar-refractivity contribution >= 4 is 27.7 Å². The molecule has 5 nitrogen and oxygen atoms in total. The van der Waals surface area contributed by atoms with Crippen molar-refractivity contribution in [1.29, 1.82) is 0 Å². The van der Waals surface area contributed by atoms with Crippen LogP contribution in [0.5, 0.6) is 5.75 Å². The van der Waals surface area contributed by atoms with Gasteiger partial charge in [0, 0.05) is 33.4 Å². The van der Waals surface area contributed by atoms with Crippen molar-refractivity contribution in [2.45, 2.75) is 53.1 Å². The molecule has 184 valence electrons. The summed E-state index contributed by atoms with van der Waals surface area (Å²) in [4.78, 5) is 26.7. The van der Waals surface area contributed by atoms with Crippen LogP contribution in [0, 0.1) is 11.2 Å². The first-order chi connectivity index (χ1) is 16.6. The minimum Gasteiger partial charge on any atom is -0.489 e. The van der Waals surface area contributed by atoms with E-state index in [0.717, 1.165) is 10.2 Å². The average molecular weight is 542 g/mol. The molecule has 0 amide bonds. The molecule has 1 N–H and O–H groups in total. The summed E-state index contributed by atoms with van der Waals surface area (Å²) in [5.74, 6) is -0.937. The second-order valence-corrected chi connectivity index (χ2v) is 10.7. The molecule has 0 saturated carbocycles. The summed E-state index contributed by atoms with van der Waals surface area (Å²) in [5.41, 5.74) is 3.63. The Labute approximate surface area is 213 Å². The van der Waals surface area contributed by atoms with Crippen LogP contribution in [0.1, 0.15) is 57.6 Å². The van der Waals surface area contributed by atoms with Gasteiger partial charge < -0.3 is 14.8 Å². The molecule has 2 aromatic rings. The molecule has 0 aromatic heterocycles. The van der Waals surface area contributed by atoms with E-state index < -0.39 is 11.9 Å². The third-order valence-corrected chi connectivity index (χ3v) is 6.79. The first-order valence-electron chi connectivity index (χ1n) is 11.7. The fourth-order valence-electron chi connectivity index (χ4n) is 4.89. The van der Waals surface area contributed by atoms with Gasteiger partial charge in [0.15, 0.2) is 5.78 Å². The van der Waals surface area contributed by atoms with Crippen molar-refractivity contribution in [2.75, 3.05) is 6.61 Å². The molecule has 0 bridgehead atoms. The second kappa shape index (κ2) is 9.97. The van der Waals surface area contributed by atoms with Gasteiger partial charge in [-0.3, -0.25) is 4.79 Å². The Hall–Kier alpha value is -2.93. The number of ketones is 1. The molecule has 4 rings (SSSR count). The molecule has 1 aliphatic heterocycles. The fourth-order valence-corrected chi connectivity index (χ4v) is 5.27. The number of hydrogen-bond acceptors (Lipinski definition) is 5. The van der Waals surface area contributed by atoms with Gasteiger partial charge in [0.05, 0.1) is 18.1 Å². The van der Waals surface area contributed by atoms with Crippen LogP contribution in [0.4, 0.5) is 4.39 Å². The number of allylic oxidation sites excluding steroid dienone is 3. The smallest absolute Gasteiger partial charge is 0.336 e. The van der Waals surface area contributed by atoms with E-state index in [-0.39, 0.29) is 30.2 Å². The van der Waals surface area contributed by atoms with E-state index in [1.165, 1.54) is 12.1 Å². The molecule has 1 heterocycles. The molecule has 0 saturated heterocycles. The molecule has 1 aliphatic carbocycles. The number of ether oxygens (including phenoxy) is 2. The first-order valence-corrected chi connectivity index (χ1v) is 12.5. The summed E-state index contributed by atoms with van der Waals surface area (Å²) >= 11 is 3.54. The molecule has 0 radical (unpaired) electrons. The number of carbonyl (C=O) groups is 2. The highest BCUT2D eigenvalue weighted by atomic mass is 79.9. The van der Waals surface area contributed by atoms with Crippen molar-refractivity contribution in [3.63, 3.8) is 0 Å². The van der Waals surface area contributed by atoms with Crippen LogP contribution in [-0.4, -0.2) is 18.4 Å². The van der Waals surface area contributed by atoms with Crippen molar-refractivity contribution in [1.82, 2.24) is 5.32 Å². The van der Waals surface area contributed by atoms with E-state index in [4.69, 9.17) is 9.47 Å². The van der Waals surface area contributed by atoms with Gasteiger partial charge in [-0.15, -0.1) is 0 Å². The lowest BCUT2D eigenvalue weighted by Gasteiger charge is -2.39. The number of rotatable bonds is 6. The molecule has 0 unspecified atom stereocenters. The van der Waals surface area contributed by atoms with Gasteiger partial charge in [-0.2, -0.15) is 0 Å². The SMILES string of the molecule is CCOC(=O)C1=C(C)NC2=C(C(=O)CC(C)(C)C2)[C@@H]1c1cc(Br)ccc1OCc1cccc(F)c1. The van der Waals surface area contributed by atoms with Gasteiger partial charge >= 0.3 is 5.97 Å². The molecule has 35 heavy (non-hydrogen) atoms. The zero-order chi connectivity index (χ0) is 25.3. The number of halogens is 2. The zero-order valence-corrected chi connectivity index (χ0v) is 21.9. The largest absolute Gasteiger partial charge is 0.489 e. The predicted octanol–water partition coefficient (Wildman–Crippen LogP) is 6.33. The number of nitrogens with one attached hydrogen (secondary N) is 1. The van der Waals surface area contributed by atoms with Gasteiger partial charge in [0.1, 0.15) is 18.2 Å². The lowest BCUT2D eigenvalue weighted by Crippen LogP contribution is -2.38. The predicted molar refractivity (Wildman–Crippen MR) is 135 cm³/mol. The normalized spacial score (nSPS) is 19.3. The van der Waals surface area contributed by atoms with Crippen molar-refractivity contribution in [2.24, 2.45) is 5.41 Å². The molecule has 7 heteroatoms. The van der Waals surface area contributed by atoms with Crippen LogP contribution in [0.15, 0.2) is 69.5 Å². The molecule has 2 aromatic carbocycles. The van der Waals surface area contributed by atoms with E-state index in [2.05, 4.69) is 35.1 Å². The Morgan fingerprint density at radius 1 is 1.20 bits per heavy atom. The van der Waals surface area contributed by atoms with Crippen molar-refractivity contribution in [3.05, 3.63) is 86.4 Å². The molecule has 2 aliphatic rings. The van der Waals surface area contributed by atoms with E-state index in [9.17, 15) is 14.0 Å². The van der Waals surface area contributed by atoms with Crippen LogP contribution in [-0.2, 0) is 20.9 Å². The van der Waals surface area contributed by atoms with E-state index in [0.29, 0.717) is 46.6 Å². The van der Waals surface area contributed by atoms with Crippen LogP contribution in [0.25, 0.3) is 0 Å². The molecular weight excluding hydrogens is 513 g/mol. The lowest BCUT2D eigenvalue weighted by molar-refractivity contribution is -0.138. The summed E-state index contributed by atoms with van der Waals surface area (Å²) in [7, 11) is 0. The third-order valence-electron chi connectivity index (χ3n) is 6.30.